The lowest BCUT2D eigenvalue weighted by molar-refractivity contribution is -0.149. The van der Waals surface area contributed by atoms with Crippen molar-refractivity contribution in [1.82, 2.24) is 0 Å². The predicted octanol–water partition coefficient (Wildman–Crippen LogP) is -1.24. The Morgan fingerprint density at radius 2 is 1.80 bits per heavy atom. The van der Waals surface area contributed by atoms with Crippen LogP contribution in [0.1, 0.15) is 13.3 Å². The summed E-state index contributed by atoms with van der Waals surface area (Å²) in [6.45, 7) is 1.08. The Kier molecular flexibility index (Phi) is 8.49. The van der Waals surface area contributed by atoms with Crippen LogP contribution in [0.15, 0.2) is 0 Å². The fourth-order valence-corrected chi connectivity index (χ4v) is 2.16. The van der Waals surface area contributed by atoms with E-state index in [1.807, 2.05) is 0 Å². The monoisotopic (exact) mass is 313 g/mol. The van der Waals surface area contributed by atoms with Crippen molar-refractivity contribution in [2.75, 3.05) is 27.4 Å². The Balaban J connectivity index is 4.53. The highest BCUT2D eigenvalue weighted by molar-refractivity contribution is 7.88. The summed E-state index contributed by atoms with van der Waals surface area (Å²) >= 11 is 0. The lowest BCUT2D eigenvalue weighted by atomic mass is 10.2. The second-order valence-corrected chi connectivity index (χ2v) is 5.64. The SMILES string of the molecule is COCC(COC(=O)CC(C(C)=O)S(=O)(=O)ON)OC. The first-order valence-corrected chi connectivity index (χ1v) is 7.05. The van der Waals surface area contributed by atoms with E-state index in [2.05, 4.69) is 10.2 Å². The van der Waals surface area contributed by atoms with Crippen molar-refractivity contribution in [1.29, 1.82) is 0 Å². The smallest absolute Gasteiger partial charge is 0.307 e. The maximum atomic E-state index is 11.5. The van der Waals surface area contributed by atoms with E-state index in [0.717, 1.165) is 6.92 Å². The number of hydrogen-bond acceptors (Lipinski definition) is 9. The number of rotatable bonds is 10. The fraction of sp³-hybridized carbons (Fsp3) is 0.800. The summed E-state index contributed by atoms with van der Waals surface area (Å²) in [6.07, 6.45) is -1.17. The van der Waals surface area contributed by atoms with E-state index < -0.39 is 39.6 Å². The number of methoxy groups -OCH3 is 2. The Morgan fingerprint density at radius 3 is 2.20 bits per heavy atom. The molecule has 0 amide bonds. The molecule has 0 saturated carbocycles. The normalized spacial score (nSPS) is 14.6. The molecule has 9 nitrogen and oxygen atoms in total. The summed E-state index contributed by atoms with van der Waals surface area (Å²) in [6, 6.07) is 0. The average molecular weight is 313 g/mol. The first-order chi connectivity index (χ1) is 9.28. The van der Waals surface area contributed by atoms with Crippen LogP contribution in [0.25, 0.3) is 0 Å². The standard InChI is InChI=1S/C10H19NO8S/c1-7(12)9(20(14,15)19-11)4-10(13)18-6-8(17-3)5-16-2/h8-9H,4-6,11H2,1-3H3. The quantitative estimate of drug-likeness (QED) is 0.388. The minimum Gasteiger partial charge on any atom is -0.463 e. The Labute approximate surface area is 117 Å². The Hall–Kier alpha value is -1.07. The van der Waals surface area contributed by atoms with Crippen LogP contribution in [0.3, 0.4) is 0 Å². The van der Waals surface area contributed by atoms with Gasteiger partial charge in [0.25, 0.3) is 10.1 Å². The van der Waals surface area contributed by atoms with Gasteiger partial charge in [-0.3, -0.25) is 9.59 Å². The summed E-state index contributed by atoms with van der Waals surface area (Å²) in [4.78, 5) is 22.7. The van der Waals surface area contributed by atoms with E-state index in [1.54, 1.807) is 0 Å². The van der Waals surface area contributed by atoms with Crippen molar-refractivity contribution in [2.45, 2.75) is 24.7 Å². The zero-order valence-electron chi connectivity index (χ0n) is 11.5. The van der Waals surface area contributed by atoms with Gasteiger partial charge in [0.15, 0.2) is 11.0 Å². The summed E-state index contributed by atoms with van der Waals surface area (Å²) in [7, 11) is -1.48. The number of ketones is 1. The summed E-state index contributed by atoms with van der Waals surface area (Å²) < 4.78 is 41.0. The van der Waals surface area contributed by atoms with Gasteiger partial charge in [-0.1, -0.05) is 0 Å². The van der Waals surface area contributed by atoms with E-state index >= 15 is 0 Å². The van der Waals surface area contributed by atoms with Gasteiger partial charge in [0.2, 0.25) is 0 Å². The molecule has 10 heteroatoms. The molecular weight excluding hydrogens is 294 g/mol. The van der Waals surface area contributed by atoms with Crippen LogP contribution in [-0.4, -0.2) is 59.0 Å². The van der Waals surface area contributed by atoms with Crippen LogP contribution >= 0.6 is 0 Å². The Bertz CT molecular complexity index is 421. The summed E-state index contributed by atoms with van der Waals surface area (Å²) in [5.41, 5.74) is 0. The molecule has 0 aromatic heterocycles. The van der Waals surface area contributed by atoms with Crippen molar-refractivity contribution in [3.05, 3.63) is 0 Å². The highest BCUT2D eigenvalue weighted by Crippen LogP contribution is 2.10. The van der Waals surface area contributed by atoms with E-state index in [9.17, 15) is 18.0 Å². The number of ether oxygens (including phenoxy) is 3. The molecule has 0 bridgehead atoms. The van der Waals surface area contributed by atoms with Crippen molar-refractivity contribution in [2.24, 2.45) is 5.90 Å². The molecule has 118 valence electrons. The topological polar surface area (TPSA) is 131 Å². The molecule has 0 fully saturated rings. The predicted molar refractivity (Wildman–Crippen MR) is 66.9 cm³/mol. The molecule has 0 aromatic carbocycles. The third-order valence-corrected chi connectivity index (χ3v) is 3.87. The zero-order valence-corrected chi connectivity index (χ0v) is 12.3. The number of nitrogens with two attached hydrogens (primary N) is 1. The highest BCUT2D eigenvalue weighted by Gasteiger charge is 2.33. The third kappa shape index (κ3) is 6.39. The highest BCUT2D eigenvalue weighted by atomic mass is 32.2. The molecule has 0 aliphatic rings. The van der Waals surface area contributed by atoms with Gasteiger partial charge in [0, 0.05) is 14.2 Å². The van der Waals surface area contributed by atoms with Crippen molar-refractivity contribution in [3.8, 4) is 0 Å². The maximum Gasteiger partial charge on any atom is 0.307 e. The molecule has 2 atom stereocenters. The largest absolute Gasteiger partial charge is 0.463 e. The molecule has 0 saturated heterocycles. The first-order valence-electron chi connectivity index (χ1n) is 5.58. The lowest BCUT2D eigenvalue weighted by Crippen LogP contribution is -2.35. The molecule has 0 rings (SSSR count). The van der Waals surface area contributed by atoms with Crippen LogP contribution in [0.2, 0.25) is 0 Å². The number of carbonyl (C=O) groups excluding carboxylic acids is 2. The van der Waals surface area contributed by atoms with Crippen LogP contribution in [0.4, 0.5) is 0 Å². The van der Waals surface area contributed by atoms with Crippen LogP contribution in [0.5, 0.6) is 0 Å². The zero-order chi connectivity index (χ0) is 15.8. The average Bonchev–Trinajstić information content (AvgIpc) is 2.40. The maximum absolute atomic E-state index is 11.5. The second-order valence-electron chi connectivity index (χ2n) is 3.89. The second kappa shape index (κ2) is 8.97. The van der Waals surface area contributed by atoms with E-state index in [4.69, 9.17) is 14.2 Å². The number of esters is 1. The van der Waals surface area contributed by atoms with Crippen LogP contribution in [-0.2, 0) is 38.2 Å². The molecule has 0 spiro atoms. The van der Waals surface area contributed by atoms with Gasteiger partial charge >= 0.3 is 5.97 Å². The molecule has 2 unspecified atom stereocenters. The van der Waals surface area contributed by atoms with Crippen molar-refractivity contribution >= 4 is 21.9 Å². The first kappa shape index (κ1) is 18.9. The minimum absolute atomic E-state index is 0.128. The van der Waals surface area contributed by atoms with Gasteiger partial charge in [-0.2, -0.15) is 18.6 Å². The number of carbonyl (C=O) groups is 2. The number of Topliss-reactive ketones (excluding diaryl/α,β-unsaturated/α-hetero) is 1. The Morgan fingerprint density at radius 1 is 1.20 bits per heavy atom. The van der Waals surface area contributed by atoms with Crippen molar-refractivity contribution < 1.29 is 36.5 Å². The van der Waals surface area contributed by atoms with Crippen molar-refractivity contribution in [3.63, 3.8) is 0 Å². The molecular formula is C10H19NO8S. The third-order valence-electron chi connectivity index (χ3n) is 2.40. The van der Waals surface area contributed by atoms with Crippen LogP contribution in [0, 0.1) is 0 Å². The molecule has 0 heterocycles. The molecule has 0 aliphatic heterocycles. The van der Waals surface area contributed by atoms with Gasteiger partial charge in [0.05, 0.1) is 13.0 Å². The molecule has 2 N–H and O–H groups in total. The van der Waals surface area contributed by atoms with Crippen LogP contribution < -0.4 is 5.90 Å². The van der Waals surface area contributed by atoms with E-state index in [1.165, 1.54) is 14.2 Å². The van der Waals surface area contributed by atoms with E-state index in [0.29, 0.717) is 0 Å². The number of hydrogen-bond donors (Lipinski definition) is 1. The fourth-order valence-electron chi connectivity index (χ4n) is 1.28. The lowest BCUT2D eigenvalue weighted by Gasteiger charge is -2.16. The molecule has 0 radical (unpaired) electrons. The van der Waals surface area contributed by atoms with Gasteiger partial charge in [0.1, 0.15) is 12.7 Å². The molecule has 0 aliphatic carbocycles. The van der Waals surface area contributed by atoms with Gasteiger partial charge < -0.3 is 14.2 Å². The van der Waals surface area contributed by atoms with E-state index in [-0.39, 0.29) is 13.2 Å². The van der Waals surface area contributed by atoms with Gasteiger partial charge in [-0.15, -0.1) is 0 Å². The summed E-state index contributed by atoms with van der Waals surface area (Å²) in [5.74, 6) is 2.92. The van der Waals surface area contributed by atoms with Gasteiger partial charge in [-0.25, -0.2) is 0 Å². The van der Waals surface area contributed by atoms with Gasteiger partial charge in [-0.05, 0) is 6.92 Å². The minimum atomic E-state index is -4.34. The molecule has 20 heavy (non-hydrogen) atoms. The molecule has 0 aromatic rings. The summed E-state index contributed by atoms with van der Waals surface area (Å²) in [5, 5.41) is -1.69.